The average Bonchev–Trinajstić information content (AvgIpc) is 1.98. The van der Waals surface area contributed by atoms with E-state index in [0.717, 1.165) is 0 Å². The Hall–Kier alpha value is -1.34. The van der Waals surface area contributed by atoms with Gasteiger partial charge in [-0.25, -0.2) is 9.59 Å². The van der Waals surface area contributed by atoms with Crippen LogP contribution in [0.15, 0.2) is 0 Å². The predicted octanol–water partition coefficient (Wildman–Crippen LogP) is -0.158. The molecule has 1 atom stereocenters. The van der Waals surface area contributed by atoms with Gasteiger partial charge in [0.15, 0.2) is 0 Å². The van der Waals surface area contributed by atoms with Gasteiger partial charge in [-0.2, -0.15) is 0 Å². The number of carboxylic acid groups (broad SMARTS) is 2. The van der Waals surface area contributed by atoms with E-state index in [-0.39, 0.29) is 0 Å². The third-order valence-electron chi connectivity index (χ3n) is 1.36. The Morgan fingerprint density at radius 3 is 1.93 bits per heavy atom. The molecule has 7 heteroatoms. The summed E-state index contributed by atoms with van der Waals surface area (Å²) in [6.45, 7) is 3.64. The second-order valence-electron chi connectivity index (χ2n) is 3.93. The molecular formula is C8H15NO6. The molecule has 0 aliphatic rings. The zero-order valence-corrected chi connectivity index (χ0v) is 8.77. The van der Waals surface area contributed by atoms with Gasteiger partial charge in [-0.3, -0.25) is 5.32 Å². The van der Waals surface area contributed by atoms with Crippen LogP contribution in [0.5, 0.6) is 0 Å². The number of carboxylic acids is 1. The van der Waals surface area contributed by atoms with Crippen LogP contribution in [0, 0.1) is 0 Å². The molecule has 0 bridgehead atoms. The van der Waals surface area contributed by atoms with E-state index >= 15 is 0 Å². The van der Waals surface area contributed by atoms with Crippen molar-refractivity contribution in [1.82, 2.24) is 5.32 Å². The molecule has 0 aromatic heterocycles. The van der Waals surface area contributed by atoms with Crippen LogP contribution in [0.4, 0.5) is 4.79 Å². The van der Waals surface area contributed by atoms with Gasteiger partial charge in [0.2, 0.25) is 0 Å². The van der Waals surface area contributed by atoms with Crippen LogP contribution >= 0.6 is 0 Å². The van der Waals surface area contributed by atoms with Gasteiger partial charge in [-0.05, 0) is 20.8 Å². The minimum Gasteiger partial charge on any atom is -0.478 e. The van der Waals surface area contributed by atoms with Crippen LogP contribution in [0.25, 0.3) is 0 Å². The summed E-state index contributed by atoms with van der Waals surface area (Å²) in [6, 6.07) is 0. The molecule has 15 heavy (non-hydrogen) atoms. The Balaban J connectivity index is 4.98. The Labute approximate surface area is 86.7 Å². The highest BCUT2D eigenvalue weighted by molar-refractivity contribution is 5.82. The van der Waals surface area contributed by atoms with Gasteiger partial charge in [0.1, 0.15) is 6.61 Å². The van der Waals surface area contributed by atoms with Gasteiger partial charge >= 0.3 is 12.1 Å². The predicted molar refractivity (Wildman–Crippen MR) is 49.5 cm³/mol. The van der Waals surface area contributed by atoms with E-state index in [9.17, 15) is 9.59 Å². The van der Waals surface area contributed by atoms with Gasteiger partial charge in [0.05, 0.1) is 5.60 Å². The van der Waals surface area contributed by atoms with Crippen LogP contribution in [0.3, 0.4) is 0 Å². The van der Waals surface area contributed by atoms with Crippen molar-refractivity contribution in [2.45, 2.75) is 32.1 Å². The number of rotatable bonds is 4. The largest absolute Gasteiger partial charge is 0.478 e. The van der Waals surface area contributed by atoms with E-state index in [4.69, 9.17) is 20.1 Å². The normalized spacial score (nSPS) is 15.5. The summed E-state index contributed by atoms with van der Waals surface area (Å²) in [5, 5.41) is 27.9. The van der Waals surface area contributed by atoms with Gasteiger partial charge < -0.3 is 20.1 Å². The van der Waals surface area contributed by atoms with E-state index in [0.29, 0.717) is 0 Å². The summed E-state index contributed by atoms with van der Waals surface area (Å²) in [6.07, 6.45) is -1.59. The highest BCUT2D eigenvalue weighted by Crippen LogP contribution is 2.18. The lowest BCUT2D eigenvalue weighted by Crippen LogP contribution is -2.61. The quantitative estimate of drug-likeness (QED) is 0.490. The van der Waals surface area contributed by atoms with Crippen molar-refractivity contribution in [3.8, 4) is 0 Å². The lowest BCUT2D eigenvalue weighted by molar-refractivity contribution is -0.199. The van der Waals surface area contributed by atoms with E-state index in [1.165, 1.54) is 0 Å². The smallest absolute Gasteiger partial charge is 0.407 e. The topological polar surface area (TPSA) is 116 Å². The van der Waals surface area contributed by atoms with Crippen LogP contribution in [0.1, 0.15) is 20.8 Å². The molecule has 0 unspecified atom stereocenters. The molecule has 7 nitrogen and oxygen atoms in total. The van der Waals surface area contributed by atoms with Crippen molar-refractivity contribution < 1.29 is 29.6 Å². The Morgan fingerprint density at radius 1 is 1.27 bits per heavy atom. The van der Waals surface area contributed by atoms with Crippen molar-refractivity contribution in [3.63, 3.8) is 0 Å². The molecule has 88 valence electrons. The standard InChI is InChI=1S/C8H15NO6/c1-7(2,3)15-8(4-10,5(11)12)9-6(13)14/h9-10H,4H2,1-3H3,(H,11,12)(H,13,14)/t8-/m0/s1. The summed E-state index contributed by atoms with van der Waals surface area (Å²) in [7, 11) is 0. The second kappa shape index (κ2) is 4.45. The molecule has 0 fully saturated rings. The fraction of sp³-hybridized carbons (Fsp3) is 0.750. The Morgan fingerprint density at radius 2 is 1.73 bits per heavy atom. The number of hydrogen-bond donors (Lipinski definition) is 4. The molecular weight excluding hydrogens is 206 g/mol. The monoisotopic (exact) mass is 221 g/mol. The maximum absolute atomic E-state index is 10.9. The minimum atomic E-state index is -2.33. The van der Waals surface area contributed by atoms with Gasteiger partial charge in [0, 0.05) is 0 Å². The van der Waals surface area contributed by atoms with Gasteiger partial charge in [-0.1, -0.05) is 0 Å². The first kappa shape index (κ1) is 13.7. The van der Waals surface area contributed by atoms with E-state index in [1.54, 1.807) is 26.1 Å². The van der Waals surface area contributed by atoms with Crippen molar-refractivity contribution in [3.05, 3.63) is 0 Å². The van der Waals surface area contributed by atoms with E-state index < -0.39 is 30.0 Å². The highest BCUT2D eigenvalue weighted by atomic mass is 16.6. The third kappa shape index (κ3) is 4.13. The summed E-state index contributed by atoms with van der Waals surface area (Å²) in [5.41, 5.74) is -3.24. The summed E-state index contributed by atoms with van der Waals surface area (Å²) < 4.78 is 5.01. The zero-order chi connectivity index (χ0) is 12.3. The molecule has 0 spiro atoms. The molecule has 1 amide bonds. The fourth-order valence-corrected chi connectivity index (χ4v) is 0.957. The molecule has 0 heterocycles. The maximum atomic E-state index is 10.9. The number of carbonyl (C=O) groups is 2. The van der Waals surface area contributed by atoms with Crippen LogP contribution < -0.4 is 5.32 Å². The minimum absolute atomic E-state index is 0.913. The maximum Gasteiger partial charge on any atom is 0.407 e. The van der Waals surface area contributed by atoms with E-state index in [2.05, 4.69) is 0 Å². The third-order valence-corrected chi connectivity index (χ3v) is 1.36. The number of ether oxygens (including phenoxy) is 1. The fourth-order valence-electron chi connectivity index (χ4n) is 0.957. The number of aliphatic carboxylic acids is 1. The van der Waals surface area contributed by atoms with Crippen LogP contribution in [-0.4, -0.2) is 45.3 Å². The molecule has 0 aromatic rings. The number of aliphatic hydroxyl groups excluding tert-OH is 1. The Kier molecular flexibility index (Phi) is 4.06. The molecule has 0 aliphatic heterocycles. The second-order valence-corrected chi connectivity index (χ2v) is 3.93. The number of aliphatic hydroxyl groups is 1. The van der Waals surface area contributed by atoms with Gasteiger partial charge in [-0.15, -0.1) is 0 Å². The zero-order valence-electron chi connectivity index (χ0n) is 8.77. The van der Waals surface area contributed by atoms with Gasteiger partial charge in [0.25, 0.3) is 5.72 Å². The van der Waals surface area contributed by atoms with E-state index in [1.807, 2.05) is 0 Å². The molecule has 0 saturated heterocycles. The first-order chi connectivity index (χ1) is 6.63. The lowest BCUT2D eigenvalue weighted by atomic mass is 10.1. The van der Waals surface area contributed by atoms with Crippen LogP contribution in [-0.2, 0) is 9.53 Å². The highest BCUT2D eigenvalue weighted by Gasteiger charge is 2.44. The van der Waals surface area contributed by atoms with Crippen molar-refractivity contribution >= 4 is 12.1 Å². The molecule has 4 N–H and O–H groups in total. The summed E-state index contributed by atoms with van der Waals surface area (Å²) in [4.78, 5) is 21.3. The van der Waals surface area contributed by atoms with Crippen molar-refractivity contribution in [2.75, 3.05) is 6.61 Å². The first-order valence-corrected chi connectivity index (χ1v) is 4.18. The molecule has 0 radical (unpaired) electrons. The lowest BCUT2D eigenvalue weighted by Gasteiger charge is -2.34. The number of amides is 1. The van der Waals surface area contributed by atoms with Crippen molar-refractivity contribution in [1.29, 1.82) is 0 Å². The van der Waals surface area contributed by atoms with Crippen molar-refractivity contribution in [2.24, 2.45) is 0 Å². The molecule has 0 rings (SSSR count). The first-order valence-electron chi connectivity index (χ1n) is 4.18. The van der Waals surface area contributed by atoms with Crippen LogP contribution in [0.2, 0.25) is 0 Å². The summed E-state index contributed by atoms with van der Waals surface area (Å²) >= 11 is 0. The number of nitrogens with one attached hydrogen (secondary N) is 1. The Bertz CT molecular complexity index is 258. The SMILES string of the molecule is CC(C)(C)O[C@](CO)(NC(=O)O)C(=O)O. The average molecular weight is 221 g/mol. The molecule has 0 aliphatic carbocycles. The summed E-state index contributed by atoms with van der Waals surface area (Å²) in [5.74, 6) is -1.60. The molecule has 0 aromatic carbocycles. The number of hydrogen-bond acceptors (Lipinski definition) is 4. The molecule has 0 saturated carbocycles.